The molecule has 29 heavy (non-hydrogen) atoms. The van der Waals surface area contributed by atoms with Crippen LogP contribution in [0.1, 0.15) is 43.3 Å². The molecule has 3 atom stereocenters. The van der Waals surface area contributed by atoms with Crippen LogP contribution in [0.4, 0.5) is 4.39 Å². The summed E-state index contributed by atoms with van der Waals surface area (Å²) in [6.45, 7) is 4.10. The fourth-order valence-corrected chi connectivity index (χ4v) is 3.33. The Morgan fingerprint density at radius 2 is 2.03 bits per heavy atom. The average Bonchev–Trinajstić information content (AvgIpc) is 2.93. The Labute approximate surface area is 179 Å². The van der Waals surface area contributed by atoms with Gasteiger partial charge in [0.05, 0.1) is 0 Å². The second-order valence-electron chi connectivity index (χ2n) is 7.43. The third kappa shape index (κ3) is 7.67. The minimum Gasteiger partial charge on any atom is -0.347 e. The summed E-state index contributed by atoms with van der Waals surface area (Å²) in [4.78, 5) is 0. The molecule has 2 rings (SSSR count). The predicted octanol–water partition coefficient (Wildman–Crippen LogP) is 5.65. The average molecular weight is 414 g/mol. The van der Waals surface area contributed by atoms with Gasteiger partial charge in [-0.2, -0.15) is 0 Å². The number of benzene rings is 1. The largest absolute Gasteiger partial charge is 0.347 e. The second kappa shape index (κ2) is 11.8. The zero-order valence-electron chi connectivity index (χ0n) is 17.5. The molecule has 3 nitrogen and oxygen atoms in total. The van der Waals surface area contributed by atoms with E-state index in [2.05, 4.69) is 60.6 Å². The van der Waals surface area contributed by atoms with Gasteiger partial charge in [-0.3, -0.25) is 5.41 Å². The van der Waals surface area contributed by atoms with Crippen LogP contribution in [0.5, 0.6) is 0 Å². The lowest BCUT2D eigenvalue weighted by molar-refractivity contribution is 0.469. The summed E-state index contributed by atoms with van der Waals surface area (Å²) in [5.41, 5.74) is 2.40. The van der Waals surface area contributed by atoms with E-state index >= 15 is 0 Å². The molecule has 5 heteroatoms. The normalized spacial score (nSPS) is 17.3. The van der Waals surface area contributed by atoms with Gasteiger partial charge >= 0.3 is 0 Å². The summed E-state index contributed by atoms with van der Waals surface area (Å²) in [6.07, 6.45) is 15.0. The zero-order valence-corrected chi connectivity index (χ0v) is 18.3. The topological polar surface area (TPSA) is 47.9 Å². The van der Waals surface area contributed by atoms with Crippen LogP contribution < -0.4 is 10.6 Å². The Balaban J connectivity index is 1.96. The van der Waals surface area contributed by atoms with Crippen LogP contribution >= 0.6 is 12.6 Å². The summed E-state index contributed by atoms with van der Waals surface area (Å²) < 4.78 is 13.7. The molecule has 3 unspecified atom stereocenters. The highest BCUT2D eigenvalue weighted by Gasteiger charge is 2.16. The number of thiol groups is 1. The van der Waals surface area contributed by atoms with E-state index in [0.717, 1.165) is 24.1 Å². The van der Waals surface area contributed by atoms with Gasteiger partial charge in [-0.15, -0.1) is 12.6 Å². The Kier molecular flexibility index (Phi) is 9.42. The van der Waals surface area contributed by atoms with Crippen molar-refractivity contribution in [3.05, 3.63) is 83.1 Å². The number of nitrogens with one attached hydrogen (secondary N) is 3. The molecule has 0 heterocycles. The van der Waals surface area contributed by atoms with E-state index in [1.165, 1.54) is 5.57 Å². The first-order valence-corrected chi connectivity index (χ1v) is 10.6. The lowest BCUT2D eigenvalue weighted by atomic mass is 9.96. The molecule has 1 aliphatic rings. The SMILES string of the molecule is CNC(C)/C=C/CC1=CC=C(NC(=N)C(C)Cc2ccccc2C(F)S)CC=C1. The van der Waals surface area contributed by atoms with E-state index < -0.39 is 5.50 Å². The Morgan fingerprint density at radius 1 is 1.28 bits per heavy atom. The minimum atomic E-state index is -1.30. The van der Waals surface area contributed by atoms with Crippen LogP contribution in [0, 0.1) is 11.3 Å². The molecule has 0 bridgehead atoms. The van der Waals surface area contributed by atoms with Crippen molar-refractivity contribution < 1.29 is 4.39 Å². The third-order valence-corrected chi connectivity index (χ3v) is 5.31. The predicted molar refractivity (Wildman–Crippen MR) is 125 cm³/mol. The molecule has 1 aromatic rings. The third-order valence-electron chi connectivity index (χ3n) is 5.03. The number of hydrogen-bond donors (Lipinski definition) is 4. The smallest absolute Gasteiger partial charge is 0.168 e. The van der Waals surface area contributed by atoms with Gasteiger partial charge in [-0.25, -0.2) is 4.39 Å². The van der Waals surface area contributed by atoms with Gasteiger partial charge in [0.15, 0.2) is 5.50 Å². The highest BCUT2D eigenvalue weighted by molar-refractivity contribution is 7.80. The van der Waals surface area contributed by atoms with Gasteiger partial charge in [0.25, 0.3) is 0 Å². The monoisotopic (exact) mass is 413 g/mol. The van der Waals surface area contributed by atoms with Crippen LogP contribution in [0.2, 0.25) is 0 Å². The van der Waals surface area contributed by atoms with Crippen LogP contribution in [0.3, 0.4) is 0 Å². The van der Waals surface area contributed by atoms with Crippen LogP contribution in [0.25, 0.3) is 0 Å². The molecular weight excluding hydrogens is 381 g/mol. The lowest BCUT2D eigenvalue weighted by Gasteiger charge is -2.18. The highest BCUT2D eigenvalue weighted by atomic mass is 32.1. The number of allylic oxidation sites excluding steroid dienone is 6. The Morgan fingerprint density at radius 3 is 2.76 bits per heavy atom. The summed E-state index contributed by atoms with van der Waals surface area (Å²) >= 11 is 3.93. The van der Waals surface area contributed by atoms with Crippen LogP contribution in [-0.4, -0.2) is 18.9 Å². The molecule has 0 saturated carbocycles. The van der Waals surface area contributed by atoms with Crippen molar-refractivity contribution in [2.45, 2.75) is 44.7 Å². The molecule has 156 valence electrons. The van der Waals surface area contributed by atoms with Crippen molar-refractivity contribution in [1.82, 2.24) is 10.6 Å². The van der Waals surface area contributed by atoms with Gasteiger partial charge in [-0.05, 0) is 49.6 Å². The maximum absolute atomic E-state index is 13.7. The first kappa shape index (κ1) is 23.2. The van der Waals surface area contributed by atoms with Gasteiger partial charge in [0.2, 0.25) is 0 Å². The summed E-state index contributed by atoms with van der Waals surface area (Å²) in [7, 11) is 1.95. The molecule has 0 fully saturated rings. The minimum absolute atomic E-state index is 0.0502. The first-order chi connectivity index (χ1) is 13.9. The molecule has 3 N–H and O–H groups in total. The van der Waals surface area contributed by atoms with Gasteiger partial charge in [0.1, 0.15) is 5.84 Å². The van der Waals surface area contributed by atoms with Crippen molar-refractivity contribution in [3.63, 3.8) is 0 Å². The molecule has 0 amide bonds. The second-order valence-corrected chi connectivity index (χ2v) is 7.88. The molecule has 0 spiro atoms. The fraction of sp³-hybridized carbons (Fsp3) is 0.375. The van der Waals surface area contributed by atoms with Gasteiger partial charge < -0.3 is 10.6 Å². The van der Waals surface area contributed by atoms with Crippen molar-refractivity contribution in [3.8, 4) is 0 Å². The molecule has 0 saturated heterocycles. The van der Waals surface area contributed by atoms with E-state index in [0.29, 0.717) is 23.9 Å². The van der Waals surface area contributed by atoms with E-state index in [-0.39, 0.29) is 5.92 Å². The number of hydrogen-bond acceptors (Lipinski definition) is 3. The summed E-state index contributed by atoms with van der Waals surface area (Å²) in [6, 6.07) is 7.74. The van der Waals surface area contributed by atoms with Crippen molar-refractivity contribution >= 4 is 18.5 Å². The Bertz CT molecular complexity index is 808. The summed E-state index contributed by atoms with van der Waals surface area (Å²) in [5, 5.41) is 14.9. The van der Waals surface area contributed by atoms with Gasteiger partial charge in [0, 0.05) is 24.1 Å². The van der Waals surface area contributed by atoms with E-state index in [1.807, 2.05) is 38.2 Å². The molecule has 0 aromatic heterocycles. The maximum Gasteiger partial charge on any atom is 0.168 e. The standard InChI is InChI=1S/C24H32FN3S/c1-17(16-20-11-4-5-13-22(20)23(25)29)24(26)28-21-12-7-10-19(14-15-21)9-6-8-18(2)27-3/h4-8,10-11,13-15,17-18,23,27,29H,9,12,16H2,1-3H3,(H2,26,28)/b8-6+. The van der Waals surface area contributed by atoms with E-state index in [4.69, 9.17) is 5.41 Å². The molecule has 1 aromatic carbocycles. The lowest BCUT2D eigenvalue weighted by Crippen LogP contribution is -2.29. The maximum atomic E-state index is 13.7. The zero-order chi connectivity index (χ0) is 21.2. The number of halogens is 1. The van der Waals surface area contributed by atoms with E-state index in [9.17, 15) is 4.39 Å². The Hall–Kier alpha value is -2.11. The summed E-state index contributed by atoms with van der Waals surface area (Å²) in [5.74, 6) is 0.388. The number of rotatable bonds is 9. The fourth-order valence-electron chi connectivity index (χ4n) is 3.08. The molecular formula is C24H32FN3S. The van der Waals surface area contributed by atoms with Crippen LogP contribution in [-0.2, 0) is 6.42 Å². The van der Waals surface area contributed by atoms with E-state index in [1.54, 1.807) is 6.07 Å². The number of amidine groups is 1. The number of alkyl halides is 1. The van der Waals surface area contributed by atoms with Crippen molar-refractivity contribution in [2.24, 2.45) is 5.92 Å². The quantitative estimate of drug-likeness (QED) is 0.183. The van der Waals surface area contributed by atoms with Gasteiger partial charge in [-0.1, -0.05) is 61.6 Å². The number of likely N-dealkylation sites (N-methyl/N-ethyl adjacent to an activating group) is 1. The first-order valence-electron chi connectivity index (χ1n) is 10.1. The molecule has 0 aliphatic heterocycles. The van der Waals surface area contributed by atoms with Crippen molar-refractivity contribution in [1.29, 1.82) is 5.41 Å². The highest BCUT2D eigenvalue weighted by Crippen LogP contribution is 2.26. The molecule has 0 radical (unpaired) electrons. The van der Waals surface area contributed by atoms with Crippen molar-refractivity contribution in [2.75, 3.05) is 7.05 Å². The molecule has 1 aliphatic carbocycles. The van der Waals surface area contributed by atoms with Crippen LogP contribution in [0.15, 0.2) is 72.0 Å².